The van der Waals surface area contributed by atoms with Crippen molar-refractivity contribution < 1.29 is 34.5 Å². The van der Waals surface area contributed by atoms with Crippen LogP contribution in [-0.2, 0) is 0 Å². The summed E-state index contributed by atoms with van der Waals surface area (Å²) in [6, 6.07) is 10.3. The lowest BCUT2D eigenvalue weighted by molar-refractivity contribution is -0.689. The molecule has 0 fully saturated rings. The molecule has 0 radical (unpaired) electrons. The molecule has 0 aliphatic heterocycles. The molecular formula is C21H22Cl3N11O8. The van der Waals surface area contributed by atoms with Gasteiger partial charge in [-0.3, -0.25) is 16.2 Å². The number of alkyl halides is 1. The highest BCUT2D eigenvalue weighted by Gasteiger charge is 2.17. The summed E-state index contributed by atoms with van der Waals surface area (Å²) >= 11 is 11.1. The number of hydrogen-bond acceptors (Lipinski definition) is 13. The molecule has 3 aromatic heterocycles. The largest absolute Gasteiger partial charge is 0.739 e. The molecule has 5 aromatic rings. The van der Waals surface area contributed by atoms with Crippen molar-refractivity contribution >= 4 is 75.6 Å². The van der Waals surface area contributed by atoms with Gasteiger partial charge in [0.1, 0.15) is 5.69 Å². The summed E-state index contributed by atoms with van der Waals surface area (Å²) in [4.78, 5) is 15.7. The third-order valence-electron chi connectivity index (χ3n) is 4.92. The Kier molecular flexibility index (Phi) is 13.7. The van der Waals surface area contributed by atoms with E-state index in [2.05, 4.69) is 15.2 Å². The van der Waals surface area contributed by atoms with Crippen molar-refractivity contribution in [1.82, 2.24) is 20.3 Å². The van der Waals surface area contributed by atoms with Gasteiger partial charge in [-0.25, -0.2) is 9.71 Å². The van der Waals surface area contributed by atoms with Crippen molar-refractivity contribution in [2.75, 3.05) is 17.3 Å². The number of benzene rings is 2. The number of aromatic amines is 1. The normalized spacial score (nSPS) is 10.1. The minimum Gasteiger partial charge on any atom is -0.739 e. The zero-order valence-corrected chi connectivity index (χ0v) is 24.0. The Labute approximate surface area is 255 Å². The van der Waals surface area contributed by atoms with Crippen LogP contribution < -0.4 is 41.2 Å². The second-order valence-corrected chi connectivity index (χ2v) is 8.27. The van der Waals surface area contributed by atoms with E-state index >= 15 is 0 Å². The fourth-order valence-corrected chi connectivity index (χ4v) is 3.30. The number of allylic oxidation sites excluding steroid dienone is 1. The fraction of sp³-hybridized carbons (Fsp3) is 0.0952. The number of rotatable bonds is 2. The number of fused-ring (bicyclic) bond motifs is 2. The molecule has 0 saturated heterocycles. The number of nitrogen functional groups attached to an aromatic ring is 2. The van der Waals surface area contributed by atoms with Crippen LogP contribution in [0.5, 0.6) is 0 Å². The van der Waals surface area contributed by atoms with E-state index in [-0.39, 0.29) is 54.8 Å². The van der Waals surface area contributed by atoms with Gasteiger partial charge in [0.05, 0.1) is 5.10 Å². The first-order valence-electron chi connectivity index (χ1n) is 11.0. The van der Waals surface area contributed by atoms with Gasteiger partial charge in [-0.05, 0) is 29.1 Å². The molecule has 7 N–H and O–H groups in total. The Bertz CT molecular complexity index is 1790. The first-order valence-corrected chi connectivity index (χ1v) is 11.9. The Morgan fingerprint density at radius 3 is 2.16 bits per heavy atom. The number of para-hydroxylation sites is 2. The number of H-pyrrole nitrogens is 1. The number of nitrogens with zero attached hydrogens (tertiary/aromatic N) is 8. The average Bonchev–Trinajstić information content (AvgIpc) is 2.97. The highest BCUT2D eigenvalue weighted by Crippen LogP contribution is 2.13. The van der Waals surface area contributed by atoms with Crippen molar-refractivity contribution in [2.45, 2.75) is 6.92 Å². The second-order valence-electron chi connectivity index (χ2n) is 7.52. The molecule has 5 rings (SSSR count). The molecule has 0 saturated carbocycles. The molecule has 43 heavy (non-hydrogen) atoms. The number of nitrogens with two attached hydrogens (primary N) is 2. The lowest BCUT2D eigenvalue weighted by Crippen LogP contribution is -2.55. The number of halogens is 3. The molecule has 0 atom stereocenters. The van der Waals surface area contributed by atoms with E-state index < -0.39 is 11.6 Å². The maximum absolute atomic E-state index is 11.3. The molecule has 19 nitrogen and oxygen atoms in total. The predicted molar refractivity (Wildman–Crippen MR) is 154 cm³/mol. The standard InChI is InChI=1S/C7H5ClN4O2.C7H9ClN4O.C7H5N3O3.ClH.H2O2/c8-4-1-2-5-6(3-4)12(14)10-7(9)11(5)13;1-5-6(3-2-4-8)10-7(9)11-12(5)13;11-7-8-10(13)6-4-2-1-3-5(6)9(7)12;;1-2/h1-3H,(H2,9,10);2-3H,4H2,1H3,(H2,9,10,11);1-4H,(H,8,11);1H;1-2H. The van der Waals surface area contributed by atoms with Crippen LogP contribution in [0.25, 0.3) is 28.1 Å². The average molecular weight is 663 g/mol. The Morgan fingerprint density at radius 2 is 1.53 bits per heavy atom. The van der Waals surface area contributed by atoms with Crippen LogP contribution in [-0.4, -0.2) is 36.7 Å². The highest BCUT2D eigenvalue weighted by atomic mass is 35.5. The smallest absolute Gasteiger partial charge is 0.554 e. The van der Waals surface area contributed by atoms with E-state index in [1.807, 2.05) is 5.10 Å². The Morgan fingerprint density at radius 1 is 0.930 bits per heavy atom. The van der Waals surface area contributed by atoms with Gasteiger partial charge in [0.15, 0.2) is 5.52 Å². The van der Waals surface area contributed by atoms with Gasteiger partial charge in [-0.2, -0.15) is 9.52 Å². The molecule has 0 aliphatic carbocycles. The molecule has 0 aliphatic rings. The summed E-state index contributed by atoms with van der Waals surface area (Å²) in [5, 5.41) is 76.6. The van der Waals surface area contributed by atoms with Crippen molar-refractivity contribution in [2.24, 2.45) is 0 Å². The molecule has 0 spiro atoms. The Hall–Kier alpha value is -5.08. The summed E-state index contributed by atoms with van der Waals surface area (Å²) in [7, 11) is 0. The molecule has 22 heteroatoms. The van der Waals surface area contributed by atoms with Crippen molar-refractivity contribution in [3.63, 3.8) is 0 Å². The molecule has 230 valence electrons. The summed E-state index contributed by atoms with van der Waals surface area (Å²) in [5.74, 6) is -0.0768. The Balaban J connectivity index is 0.000000310. The maximum atomic E-state index is 11.3. The number of hydrogen-bond donors (Lipinski definition) is 5. The van der Waals surface area contributed by atoms with E-state index in [1.165, 1.54) is 30.3 Å². The van der Waals surface area contributed by atoms with Crippen molar-refractivity contribution in [1.29, 1.82) is 0 Å². The molecule has 0 amide bonds. The third kappa shape index (κ3) is 8.95. The summed E-state index contributed by atoms with van der Waals surface area (Å²) in [6.45, 7) is 1.61. The van der Waals surface area contributed by atoms with Crippen LogP contribution in [0.1, 0.15) is 11.4 Å². The van der Waals surface area contributed by atoms with Gasteiger partial charge in [0, 0.05) is 44.7 Å². The lowest BCUT2D eigenvalue weighted by atomic mass is 10.3. The first kappa shape index (κ1) is 35.9. The van der Waals surface area contributed by atoms with Crippen molar-refractivity contribution in [3.8, 4) is 0 Å². The molecule has 0 bridgehead atoms. The molecule has 2 aromatic carbocycles. The zero-order chi connectivity index (χ0) is 31.6. The highest BCUT2D eigenvalue weighted by molar-refractivity contribution is 6.31. The fourth-order valence-electron chi connectivity index (χ4n) is 3.05. The topological polar surface area (TPSA) is 299 Å². The molecular weight excluding hydrogens is 641 g/mol. The van der Waals surface area contributed by atoms with E-state index in [4.69, 9.17) is 45.2 Å². The predicted octanol–water partition coefficient (Wildman–Crippen LogP) is -0.776. The van der Waals surface area contributed by atoms with Crippen LogP contribution in [0.3, 0.4) is 0 Å². The van der Waals surface area contributed by atoms with Gasteiger partial charge < -0.3 is 31.8 Å². The minimum atomic E-state index is -0.978. The van der Waals surface area contributed by atoms with Gasteiger partial charge >= 0.3 is 22.7 Å². The maximum Gasteiger partial charge on any atom is 0.554 e. The van der Waals surface area contributed by atoms with Gasteiger partial charge in [0.2, 0.25) is 16.3 Å². The number of aromatic nitrogens is 9. The summed E-state index contributed by atoms with van der Waals surface area (Å²) in [6.07, 6.45) is 3.31. The van der Waals surface area contributed by atoms with Crippen molar-refractivity contribution in [3.05, 3.63) is 101 Å². The van der Waals surface area contributed by atoms with Crippen LogP contribution in [0.4, 0.5) is 11.9 Å². The van der Waals surface area contributed by atoms with Gasteiger partial charge in [0.25, 0.3) is 5.95 Å². The van der Waals surface area contributed by atoms with Crippen LogP contribution in [0.15, 0.2) is 53.3 Å². The SMILES string of the molecule is Cc1c(C=CCCl)nc(N)n[n+]1[O-].Cl.Nc1n[n+]([O-])c2cc(Cl)ccc2[n+]1[O-].O=c1[nH][n+]([O-])c2ccccc2[n+]1[O-].OO. The molecule has 0 unspecified atom stereocenters. The van der Waals surface area contributed by atoms with Gasteiger partial charge in [-0.15, -0.1) is 24.0 Å². The third-order valence-corrected chi connectivity index (χ3v) is 5.33. The van der Waals surface area contributed by atoms with E-state index in [0.29, 0.717) is 31.9 Å². The first-order chi connectivity index (χ1) is 19.9. The number of anilines is 2. The van der Waals surface area contributed by atoms with Crippen LogP contribution in [0, 0.1) is 33.0 Å². The molecule has 3 heterocycles. The van der Waals surface area contributed by atoms with E-state index in [9.17, 15) is 30.8 Å². The van der Waals surface area contributed by atoms with Gasteiger partial charge in [-0.1, -0.05) is 29.8 Å². The zero-order valence-electron chi connectivity index (χ0n) is 21.6. The monoisotopic (exact) mass is 661 g/mol. The minimum absolute atomic E-state index is 0. The second kappa shape index (κ2) is 16.4. The van der Waals surface area contributed by atoms with E-state index in [0.717, 1.165) is 0 Å². The summed E-state index contributed by atoms with van der Waals surface area (Å²) < 4.78 is 0.518. The van der Waals surface area contributed by atoms with Crippen LogP contribution >= 0.6 is 35.6 Å². The van der Waals surface area contributed by atoms with Crippen LogP contribution in [0.2, 0.25) is 5.02 Å². The quantitative estimate of drug-likeness (QED) is 0.0510. The summed E-state index contributed by atoms with van der Waals surface area (Å²) in [5.41, 5.74) is 10.8. The van der Waals surface area contributed by atoms with E-state index in [1.54, 1.807) is 31.2 Å². The number of nitrogens with one attached hydrogen (secondary N) is 1. The lowest BCUT2D eigenvalue weighted by Gasteiger charge is -2.06.